The summed E-state index contributed by atoms with van der Waals surface area (Å²) in [6, 6.07) is 2.23. The third-order valence-electron chi connectivity index (χ3n) is 2.34. The summed E-state index contributed by atoms with van der Waals surface area (Å²) in [5.41, 5.74) is -0.290. The van der Waals surface area contributed by atoms with Crippen LogP contribution in [0.5, 0.6) is 0 Å². The van der Waals surface area contributed by atoms with Crippen LogP contribution < -0.4 is 0 Å². The monoisotopic (exact) mass is 218 g/mol. The van der Waals surface area contributed by atoms with Crippen molar-refractivity contribution in [2.45, 2.75) is 39.5 Å². The van der Waals surface area contributed by atoms with Gasteiger partial charge in [-0.3, -0.25) is 0 Å². The molecule has 0 rings (SSSR count). The maximum atomic E-state index is 12.0. The molecule has 0 spiro atoms. The van der Waals surface area contributed by atoms with Gasteiger partial charge in [0.25, 0.3) is 6.43 Å². The predicted molar refractivity (Wildman–Crippen MR) is 56.7 cm³/mol. The second kappa shape index (κ2) is 6.73. The van der Waals surface area contributed by atoms with Crippen molar-refractivity contribution in [1.82, 2.24) is 4.90 Å². The van der Waals surface area contributed by atoms with E-state index in [0.29, 0.717) is 6.54 Å². The van der Waals surface area contributed by atoms with Gasteiger partial charge in [-0.25, -0.2) is 8.78 Å². The lowest BCUT2D eigenvalue weighted by Gasteiger charge is -2.18. The summed E-state index contributed by atoms with van der Waals surface area (Å²) in [6.45, 7) is 4.30. The van der Waals surface area contributed by atoms with Crippen LogP contribution in [-0.2, 0) is 0 Å². The van der Waals surface area contributed by atoms with Crippen LogP contribution in [0.1, 0.15) is 33.1 Å². The number of alkyl halides is 2. The Morgan fingerprint density at radius 2 is 1.93 bits per heavy atom. The topological polar surface area (TPSA) is 27.0 Å². The van der Waals surface area contributed by atoms with Crippen molar-refractivity contribution in [2.24, 2.45) is 5.41 Å². The number of halogens is 2. The second-order valence-corrected chi connectivity index (χ2v) is 4.61. The first-order chi connectivity index (χ1) is 6.87. The third-order valence-corrected chi connectivity index (χ3v) is 2.34. The zero-order valence-electron chi connectivity index (χ0n) is 9.76. The van der Waals surface area contributed by atoms with Gasteiger partial charge in [0.1, 0.15) is 0 Å². The van der Waals surface area contributed by atoms with E-state index in [0.717, 1.165) is 19.3 Å². The highest BCUT2D eigenvalue weighted by molar-refractivity contribution is 4.91. The van der Waals surface area contributed by atoms with Crippen molar-refractivity contribution >= 4 is 0 Å². The molecule has 4 heteroatoms. The van der Waals surface area contributed by atoms with E-state index >= 15 is 0 Å². The van der Waals surface area contributed by atoms with Crippen LogP contribution in [-0.4, -0.2) is 31.5 Å². The molecule has 2 nitrogen and oxygen atoms in total. The molecule has 0 saturated heterocycles. The molecule has 0 aromatic rings. The molecule has 88 valence electrons. The number of hydrogen-bond donors (Lipinski definition) is 0. The van der Waals surface area contributed by atoms with E-state index < -0.39 is 6.43 Å². The molecule has 0 aromatic heterocycles. The van der Waals surface area contributed by atoms with E-state index in [2.05, 4.69) is 6.07 Å². The smallest absolute Gasteiger partial charge is 0.251 e. The van der Waals surface area contributed by atoms with E-state index in [1.54, 1.807) is 11.9 Å². The summed E-state index contributed by atoms with van der Waals surface area (Å²) in [4.78, 5) is 1.63. The van der Waals surface area contributed by atoms with Gasteiger partial charge < -0.3 is 4.90 Å². The molecule has 0 unspecified atom stereocenters. The van der Waals surface area contributed by atoms with Gasteiger partial charge in [0, 0.05) is 0 Å². The lowest BCUT2D eigenvalue weighted by molar-refractivity contribution is 0.0993. The Bertz CT molecular complexity index is 209. The van der Waals surface area contributed by atoms with Crippen molar-refractivity contribution in [3.8, 4) is 6.07 Å². The Morgan fingerprint density at radius 1 is 1.33 bits per heavy atom. The van der Waals surface area contributed by atoms with Crippen molar-refractivity contribution in [2.75, 3.05) is 20.1 Å². The molecule has 0 heterocycles. The predicted octanol–water partition coefficient (Wildman–Crippen LogP) is 2.90. The SMILES string of the molecule is CN(CCCCC(C)(C)C#N)CC(F)F. The number of unbranched alkanes of at least 4 members (excludes halogenated alkanes) is 1. The van der Waals surface area contributed by atoms with Crippen molar-refractivity contribution in [3.63, 3.8) is 0 Å². The van der Waals surface area contributed by atoms with Gasteiger partial charge in [0.05, 0.1) is 18.0 Å². The van der Waals surface area contributed by atoms with Crippen LogP contribution in [0.25, 0.3) is 0 Å². The van der Waals surface area contributed by atoms with Gasteiger partial charge in [-0.1, -0.05) is 6.42 Å². The van der Waals surface area contributed by atoms with Crippen LogP contribution >= 0.6 is 0 Å². The quantitative estimate of drug-likeness (QED) is 0.614. The Balaban J connectivity index is 3.51. The summed E-state index contributed by atoms with van der Waals surface area (Å²) in [7, 11) is 1.70. The van der Waals surface area contributed by atoms with Gasteiger partial charge >= 0.3 is 0 Å². The molecule has 0 N–H and O–H groups in total. The van der Waals surface area contributed by atoms with E-state index in [4.69, 9.17) is 5.26 Å². The van der Waals surface area contributed by atoms with Crippen molar-refractivity contribution < 1.29 is 8.78 Å². The van der Waals surface area contributed by atoms with E-state index in [1.165, 1.54) is 0 Å². The fourth-order valence-electron chi connectivity index (χ4n) is 1.33. The van der Waals surface area contributed by atoms with Crippen molar-refractivity contribution in [1.29, 1.82) is 5.26 Å². The maximum absolute atomic E-state index is 12.0. The second-order valence-electron chi connectivity index (χ2n) is 4.61. The average molecular weight is 218 g/mol. The van der Waals surface area contributed by atoms with Crippen LogP contribution in [0.2, 0.25) is 0 Å². The van der Waals surface area contributed by atoms with Crippen LogP contribution in [0.15, 0.2) is 0 Å². The normalized spacial score (nSPS) is 12.1. The molecule has 0 aliphatic rings. The van der Waals surface area contributed by atoms with E-state index in [1.807, 2.05) is 13.8 Å². The lowest BCUT2D eigenvalue weighted by Crippen LogP contribution is -2.25. The molecule has 0 atom stereocenters. The first kappa shape index (κ1) is 14.3. The highest BCUT2D eigenvalue weighted by atomic mass is 19.3. The lowest BCUT2D eigenvalue weighted by atomic mass is 9.89. The van der Waals surface area contributed by atoms with Gasteiger partial charge in [-0.05, 0) is 40.3 Å². The number of rotatable bonds is 7. The van der Waals surface area contributed by atoms with E-state index in [9.17, 15) is 8.78 Å². The van der Waals surface area contributed by atoms with E-state index in [-0.39, 0.29) is 12.0 Å². The molecule has 0 saturated carbocycles. The van der Waals surface area contributed by atoms with Crippen LogP contribution in [0.3, 0.4) is 0 Å². The first-order valence-electron chi connectivity index (χ1n) is 5.25. The Labute approximate surface area is 90.9 Å². The van der Waals surface area contributed by atoms with Gasteiger partial charge in [-0.15, -0.1) is 0 Å². The fourth-order valence-corrected chi connectivity index (χ4v) is 1.33. The van der Waals surface area contributed by atoms with Crippen LogP contribution in [0, 0.1) is 16.7 Å². The largest absolute Gasteiger partial charge is 0.301 e. The minimum atomic E-state index is -2.26. The van der Waals surface area contributed by atoms with Gasteiger partial charge in [0.15, 0.2) is 0 Å². The van der Waals surface area contributed by atoms with Crippen LogP contribution in [0.4, 0.5) is 8.78 Å². The molecule has 0 fully saturated rings. The molecule has 0 aliphatic carbocycles. The van der Waals surface area contributed by atoms with Crippen molar-refractivity contribution in [3.05, 3.63) is 0 Å². The standard InChI is InChI=1S/C11H20F2N2/c1-11(2,9-14)6-4-5-7-15(3)8-10(12)13/h10H,4-8H2,1-3H3. The summed E-state index contributed by atoms with van der Waals surface area (Å²) in [5.74, 6) is 0. The molecule has 0 bridgehead atoms. The minimum Gasteiger partial charge on any atom is -0.301 e. The summed E-state index contributed by atoms with van der Waals surface area (Å²) in [5, 5.41) is 8.76. The Hall–Kier alpha value is -0.690. The molecular formula is C11H20F2N2. The third kappa shape index (κ3) is 8.31. The molecule has 0 amide bonds. The highest BCUT2D eigenvalue weighted by Gasteiger charge is 2.15. The summed E-state index contributed by atoms with van der Waals surface area (Å²) < 4.78 is 23.9. The maximum Gasteiger partial charge on any atom is 0.251 e. The highest BCUT2D eigenvalue weighted by Crippen LogP contribution is 2.21. The molecule has 0 aromatic carbocycles. The zero-order chi connectivity index (χ0) is 11.9. The molecular weight excluding hydrogens is 198 g/mol. The average Bonchev–Trinajstić information content (AvgIpc) is 2.11. The molecule has 0 aliphatic heterocycles. The Morgan fingerprint density at radius 3 is 2.40 bits per heavy atom. The summed E-state index contributed by atoms with van der Waals surface area (Å²) in [6.07, 6.45) is 0.347. The molecule has 15 heavy (non-hydrogen) atoms. The zero-order valence-corrected chi connectivity index (χ0v) is 9.76. The number of nitriles is 1. The molecule has 0 radical (unpaired) electrons. The number of nitrogens with zero attached hydrogens (tertiary/aromatic N) is 2. The summed E-state index contributed by atoms with van der Waals surface area (Å²) >= 11 is 0. The van der Waals surface area contributed by atoms with Gasteiger partial charge in [0.2, 0.25) is 0 Å². The Kier molecular flexibility index (Phi) is 6.42. The fraction of sp³-hybridized carbons (Fsp3) is 0.909. The van der Waals surface area contributed by atoms with Gasteiger partial charge in [-0.2, -0.15) is 5.26 Å². The minimum absolute atomic E-state index is 0.165. The number of hydrogen-bond acceptors (Lipinski definition) is 2. The first-order valence-corrected chi connectivity index (χ1v) is 5.25.